The molecule has 0 unspecified atom stereocenters. The zero-order chi connectivity index (χ0) is 41.4. The van der Waals surface area contributed by atoms with Crippen LogP contribution in [0.2, 0.25) is 0 Å². The summed E-state index contributed by atoms with van der Waals surface area (Å²) in [6.07, 6.45) is 0. The van der Waals surface area contributed by atoms with E-state index in [0.717, 1.165) is 77.4 Å². The van der Waals surface area contributed by atoms with Gasteiger partial charge in [-0.3, -0.25) is 0 Å². The molecule has 0 radical (unpaired) electrons. The van der Waals surface area contributed by atoms with Crippen LogP contribution in [0.3, 0.4) is 0 Å². The van der Waals surface area contributed by atoms with Crippen LogP contribution in [0.15, 0.2) is 215 Å². The average Bonchev–Trinajstić information content (AvgIpc) is 4.03. The van der Waals surface area contributed by atoms with Crippen LogP contribution in [0.4, 0.5) is 0 Å². The predicted molar refractivity (Wildman–Crippen MR) is 256 cm³/mol. The van der Waals surface area contributed by atoms with E-state index in [-0.39, 0.29) is 0 Å². The lowest BCUT2D eigenvalue weighted by Crippen LogP contribution is -2.00. The maximum absolute atomic E-state index is 6.59. The molecule has 63 heavy (non-hydrogen) atoms. The normalized spacial score (nSPS) is 11.8. The third-order valence-corrected chi connectivity index (χ3v) is 12.3. The number of fused-ring (bicyclic) bond motifs is 9. The SMILES string of the molecule is c1ccc(-c2nc(-c3ccc4c(c3)oc3ccccc34)nc(-c3ccc4c(c3)oc3ccc(-c5ccccc5-c5cccc6c5c5ccccc5n6-c5ccccc5)cc34)n2)cc1. The Morgan fingerprint density at radius 2 is 0.825 bits per heavy atom. The van der Waals surface area contributed by atoms with Crippen LogP contribution < -0.4 is 0 Å². The standard InChI is InChI=1S/C57H34N4O2/c1-3-14-35(15-4-1)55-58-56(37-26-29-43-42-20-10-12-25-50(42)62-52(43)33-37)60-57(59-55)38-27-30-44-47-32-36(28-31-51(47)63-53(44)34-38)40-18-7-8-19-41(40)45-22-13-24-49-54(45)46-21-9-11-23-48(46)61(49)39-16-5-2-6-17-39/h1-34H. The van der Waals surface area contributed by atoms with Crippen molar-refractivity contribution in [1.82, 2.24) is 19.5 Å². The zero-order valence-electron chi connectivity index (χ0n) is 33.7. The van der Waals surface area contributed by atoms with E-state index in [2.05, 4.69) is 150 Å². The van der Waals surface area contributed by atoms with Gasteiger partial charge in [-0.1, -0.05) is 140 Å². The Balaban J connectivity index is 0.924. The molecular weight excluding hydrogens is 773 g/mol. The first-order chi connectivity index (χ1) is 31.2. The minimum Gasteiger partial charge on any atom is -0.456 e. The van der Waals surface area contributed by atoms with Crippen LogP contribution in [0.25, 0.3) is 128 Å². The van der Waals surface area contributed by atoms with E-state index in [4.69, 9.17) is 23.8 Å². The Bertz CT molecular complexity index is 3920. The molecule has 6 nitrogen and oxygen atoms in total. The van der Waals surface area contributed by atoms with Crippen molar-refractivity contribution in [2.45, 2.75) is 0 Å². The quantitative estimate of drug-likeness (QED) is 0.167. The molecule has 13 rings (SSSR count). The fourth-order valence-corrected chi connectivity index (χ4v) is 9.37. The molecule has 6 heteroatoms. The van der Waals surface area contributed by atoms with Gasteiger partial charge in [0.25, 0.3) is 0 Å². The van der Waals surface area contributed by atoms with Gasteiger partial charge in [0.1, 0.15) is 22.3 Å². The number of nitrogens with zero attached hydrogens (tertiary/aromatic N) is 4. The van der Waals surface area contributed by atoms with Gasteiger partial charge in [0.15, 0.2) is 17.5 Å². The Labute approximate surface area is 361 Å². The first kappa shape index (κ1) is 35.2. The maximum atomic E-state index is 6.59. The lowest BCUT2D eigenvalue weighted by Gasteiger charge is -2.13. The molecule has 0 aliphatic heterocycles. The van der Waals surface area contributed by atoms with Crippen molar-refractivity contribution < 1.29 is 8.83 Å². The molecule has 4 aromatic heterocycles. The molecule has 0 amide bonds. The minimum absolute atomic E-state index is 0.559. The Morgan fingerprint density at radius 1 is 0.302 bits per heavy atom. The van der Waals surface area contributed by atoms with E-state index in [1.165, 1.54) is 32.9 Å². The van der Waals surface area contributed by atoms with Crippen molar-refractivity contribution in [2.24, 2.45) is 0 Å². The Morgan fingerprint density at radius 3 is 1.57 bits per heavy atom. The van der Waals surface area contributed by atoms with Gasteiger partial charge in [-0.25, -0.2) is 15.0 Å². The third kappa shape index (κ3) is 5.69. The van der Waals surface area contributed by atoms with E-state index >= 15 is 0 Å². The van der Waals surface area contributed by atoms with Crippen molar-refractivity contribution in [3.8, 4) is 62.1 Å². The molecular formula is C57H34N4O2. The first-order valence-electron chi connectivity index (χ1n) is 21.1. The Hall–Kier alpha value is -8.61. The van der Waals surface area contributed by atoms with E-state index < -0.39 is 0 Å². The number of hydrogen-bond acceptors (Lipinski definition) is 5. The van der Waals surface area contributed by atoms with E-state index in [1.807, 2.05) is 60.7 Å². The van der Waals surface area contributed by atoms with Crippen LogP contribution in [-0.2, 0) is 0 Å². The fraction of sp³-hybridized carbons (Fsp3) is 0. The van der Waals surface area contributed by atoms with Crippen molar-refractivity contribution in [1.29, 1.82) is 0 Å². The van der Waals surface area contributed by atoms with Crippen LogP contribution in [0.1, 0.15) is 0 Å². The van der Waals surface area contributed by atoms with Gasteiger partial charge in [0.2, 0.25) is 0 Å². The molecule has 0 saturated carbocycles. The van der Waals surface area contributed by atoms with Crippen molar-refractivity contribution in [3.63, 3.8) is 0 Å². The van der Waals surface area contributed by atoms with Gasteiger partial charge < -0.3 is 13.4 Å². The second-order valence-electron chi connectivity index (χ2n) is 15.9. The molecule has 0 saturated heterocycles. The summed E-state index contributed by atoms with van der Waals surface area (Å²) in [6, 6.07) is 71.7. The highest BCUT2D eigenvalue weighted by Crippen LogP contribution is 2.43. The fourth-order valence-electron chi connectivity index (χ4n) is 9.37. The molecule has 0 aliphatic carbocycles. The molecule has 0 aliphatic rings. The molecule has 0 bridgehead atoms. The lowest BCUT2D eigenvalue weighted by molar-refractivity contribution is 0.668. The highest BCUT2D eigenvalue weighted by Gasteiger charge is 2.20. The van der Waals surface area contributed by atoms with Gasteiger partial charge in [0.05, 0.1) is 11.0 Å². The average molecular weight is 807 g/mol. The highest BCUT2D eigenvalue weighted by molar-refractivity contribution is 6.17. The molecule has 0 fully saturated rings. The number of aromatic nitrogens is 4. The number of para-hydroxylation sites is 3. The summed E-state index contributed by atoms with van der Waals surface area (Å²) < 4.78 is 15.2. The molecule has 4 heterocycles. The summed E-state index contributed by atoms with van der Waals surface area (Å²) in [5.74, 6) is 1.71. The number of hydrogen-bond donors (Lipinski definition) is 0. The molecule has 0 spiro atoms. The molecule has 0 N–H and O–H groups in total. The summed E-state index contributed by atoms with van der Waals surface area (Å²) in [5, 5.41) is 6.66. The van der Waals surface area contributed by atoms with Crippen LogP contribution in [0.5, 0.6) is 0 Å². The minimum atomic E-state index is 0.559. The van der Waals surface area contributed by atoms with E-state index in [1.54, 1.807) is 0 Å². The lowest BCUT2D eigenvalue weighted by atomic mass is 9.91. The molecule has 13 aromatic rings. The highest BCUT2D eigenvalue weighted by atomic mass is 16.3. The van der Waals surface area contributed by atoms with E-state index in [0.29, 0.717) is 17.5 Å². The van der Waals surface area contributed by atoms with Gasteiger partial charge in [-0.2, -0.15) is 0 Å². The van der Waals surface area contributed by atoms with E-state index in [9.17, 15) is 0 Å². The monoisotopic (exact) mass is 806 g/mol. The summed E-state index contributed by atoms with van der Waals surface area (Å²) >= 11 is 0. The zero-order valence-corrected chi connectivity index (χ0v) is 33.7. The topological polar surface area (TPSA) is 69.9 Å². The summed E-state index contributed by atoms with van der Waals surface area (Å²) in [5.41, 5.74) is 13.9. The maximum Gasteiger partial charge on any atom is 0.164 e. The van der Waals surface area contributed by atoms with Gasteiger partial charge >= 0.3 is 0 Å². The van der Waals surface area contributed by atoms with Crippen LogP contribution in [-0.4, -0.2) is 19.5 Å². The van der Waals surface area contributed by atoms with Gasteiger partial charge in [-0.15, -0.1) is 0 Å². The molecule has 0 atom stereocenters. The second kappa shape index (κ2) is 14.0. The van der Waals surface area contributed by atoms with Crippen molar-refractivity contribution in [3.05, 3.63) is 206 Å². The molecule has 9 aromatic carbocycles. The van der Waals surface area contributed by atoms with Crippen molar-refractivity contribution in [2.75, 3.05) is 0 Å². The number of benzene rings is 9. The van der Waals surface area contributed by atoms with Crippen molar-refractivity contribution >= 4 is 65.7 Å². The van der Waals surface area contributed by atoms with Gasteiger partial charge in [-0.05, 0) is 89.0 Å². The number of rotatable bonds is 6. The molecule has 294 valence electrons. The second-order valence-corrected chi connectivity index (χ2v) is 15.9. The smallest absolute Gasteiger partial charge is 0.164 e. The number of furan rings is 2. The summed E-state index contributed by atoms with van der Waals surface area (Å²) in [4.78, 5) is 15.1. The summed E-state index contributed by atoms with van der Waals surface area (Å²) in [6.45, 7) is 0. The summed E-state index contributed by atoms with van der Waals surface area (Å²) in [7, 11) is 0. The van der Waals surface area contributed by atoms with Gasteiger partial charge in [0, 0.05) is 54.7 Å². The first-order valence-corrected chi connectivity index (χ1v) is 21.1. The Kier molecular flexibility index (Phi) is 7.80. The third-order valence-electron chi connectivity index (χ3n) is 12.3. The predicted octanol–water partition coefficient (Wildman–Crippen LogP) is 15.1. The van der Waals surface area contributed by atoms with Crippen LogP contribution >= 0.6 is 0 Å². The largest absolute Gasteiger partial charge is 0.456 e. The van der Waals surface area contributed by atoms with Crippen LogP contribution in [0, 0.1) is 0 Å².